The van der Waals surface area contributed by atoms with E-state index in [2.05, 4.69) is 39.2 Å². The van der Waals surface area contributed by atoms with E-state index in [9.17, 15) is 9.90 Å². The minimum Gasteiger partial charge on any atom is -0.396 e. The molecule has 2 aliphatic heterocycles. The molecule has 2 heterocycles. The molecule has 178 valence electrons. The van der Waals surface area contributed by atoms with E-state index in [1.165, 1.54) is 5.56 Å². The fraction of sp³-hybridized carbons (Fsp3) is 0.500. The summed E-state index contributed by atoms with van der Waals surface area (Å²) < 4.78 is 0. The monoisotopic (exact) mass is 451 g/mol. The van der Waals surface area contributed by atoms with Gasteiger partial charge < -0.3 is 20.6 Å². The maximum absolute atomic E-state index is 12.8. The lowest BCUT2D eigenvalue weighted by atomic mass is 9.98. The highest BCUT2D eigenvalue weighted by atomic mass is 16.3. The van der Waals surface area contributed by atoms with Gasteiger partial charge in [-0.05, 0) is 76.2 Å². The first-order valence-corrected chi connectivity index (χ1v) is 11.9. The summed E-state index contributed by atoms with van der Waals surface area (Å²) in [4.78, 5) is 24.3. The minimum absolute atomic E-state index is 0.130. The van der Waals surface area contributed by atoms with E-state index in [-0.39, 0.29) is 18.4 Å². The topological polar surface area (TPSA) is 89.3 Å². The van der Waals surface area contributed by atoms with Crippen molar-refractivity contribution < 1.29 is 9.90 Å². The van der Waals surface area contributed by atoms with Crippen LogP contribution in [0.1, 0.15) is 51.5 Å². The van der Waals surface area contributed by atoms with Gasteiger partial charge in [0, 0.05) is 37.5 Å². The zero-order chi connectivity index (χ0) is 23.8. The highest BCUT2D eigenvalue weighted by Crippen LogP contribution is 2.41. The first-order chi connectivity index (χ1) is 16.0. The number of benzene rings is 1. The molecule has 1 aromatic rings. The molecule has 7 nitrogen and oxygen atoms in total. The molecule has 3 rings (SSSR count). The number of hydrogen-bond acceptors (Lipinski definition) is 6. The average molecular weight is 452 g/mol. The number of para-hydroxylation sites is 1. The van der Waals surface area contributed by atoms with Crippen LogP contribution in [-0.2, 0) is 4.79 Å². The summed E-state index contributed by atoms with van der Waals surface area (Å²) in [6, 6.07) is 8.19. The van der Waals surface area contributed by atoms with Gasteiger partial charge in [-0.1, -0.05) is 24.8 Å². The second kappa shape index (κ2) is 11.9. The molecule has 0 bridgehead atoms. The third-order valence-corrected chi connectivity index (χ3v) is 6.29. The number of allylic oxidation sites excluding steroid dienone is 1. The molecule has 1 saturated heterocycles. The number of rotatable bonds is 9. The summed E-state index contributed by atoms with van der Waals surface area (Å²) in [6.45, 7) is 13.1. The van der Waals surface area contributed by atoms with Crippen molar-refractivity contribution in [2.75, 3.05) is 37.7 Å². The quantitative estimate of drug-likeness (QED) is 0.397. The molecule has 3 N–H and O–H groups in total. The van der Waals surface area contributed by atoms with Crippen molar-refractivity contribution >= 4 is 23.5 Å². The van der Waals surface area contributed by atoms with Gasteiger partial charge in [0.15, 0.2) is 5.82 Å². The Morgan fingerprint density at radius 2 is 2.03 bits per heavy atom. The van der Waals surface area contributed by atoms with Crippen LogP contribution < -0.4 is 15.5 Å². The number of piperidine rings is 1. The number of carbonyl (C=O) groups is 1. The molecule has 0 aromatic heterocycles. The molecular formula is C26H37N5O2. The van der Waals surface area contributed by atoms with Gasteiger partial charge in [-0.15, -0.1) is 0 Å². The molecule has 1 fully saturated rings. The highest BCUT2D eigenvalue weighted by molar-refractivity contribution is 6.38. The summed E-state index contributed by atoms with van der Waals surface area (Å²) in [5.41, 5.74) is 3.98. The number of carbonyl (C=O) groups excluding carboxylic acids is 1. The molecule has 7 heteroatoms. The van der Waals surface area contributed by atoms with Crippen molar-refractivity contribution in [3.05, 3.63) is 53.5 Å². The average Bonchev–Trinajstić information content (AvgIpc) is 3.18. The van der Waals surface area contributed by atoms with Gasteiger partial charge in [-0.2, -0.15) is 0 Å². The molecule has 0 spiro atoms. The number of fused-ring (bicyclic) bond motifs is 1. The van der Waals surface area contributed by atoms with Crippen molar-refractivity contribution in [3.63, 3.8) is 0 Å². The summed E-state index contributed by atoms with van der Waals surface area (Å²) >= 11 is 0. The Bertz CT molecular complexity index is 944. The van der Waals surface area contributed by atoms with Crippen molar-refractivity contribution in [3.8, 4) is 0 Å². The highest BCUT2D eigenvalue weighted by Gasteiger charge is 2.31. The molecule has 2 aliphatic rings. The molecular weight excluding hydrogens is 414 g/mol. The van der Waals surface area contributed by atoms with Gasteiger partial charge in [0.25, 0.3) is 5.91 Å². The van der Waals surface area contributed by atoms with Gasteiger partial charge >= 0.3 is 0 Å². The summed E-state index contributed by atoms with van der Waals surface area (Å²) in [7, 11) is 0. The van der Waals surface area contributed by atoms with E-state index in [1.54, 1.807) is 13.1 Å². The summed E-state index contributed by atoms with van der Waals surface area (Å²) in [5.74, 6) is 1.22. The van der Waals surface area contributed by atoms with Crippen LogP contribution in [0.3, 0.4) is 0 Å². The number of aliphatic imine (C=N–C) groups is 2. The molecule has 0 aliphatic carbocycles. The maximum Gasteiger partial charge on any atom is 0.265 e. The van der Waals surface area contributed by atoms with Crippen molar-refractivity contribution in [2.45, 2.75) is 46.0 Å². The predicted octanol–water partition coefficient (Wildman–Crippen LogP) is 3.39. The van der Waals surface area contributed by atoms with Crippen molar-refractivity contribution in [1.29, 1.82) is 0 Å². The van der Waals surface area contributed by atoms with Crippen LogP contribution in [0.2, 0.25) is 0 Å². The summed E-state index contributed by atoms with van der Waals surface area (Å²) in [6.07, 6.45) is 4.57. The van der Waals surface area contributed by atoms with Gasteiger partial charge in [-0.3, -0.25) is 4.79 Å². The largest absolute Gasteiger partial charge is 0.396 e. The Balaban J connectivity index is 1.90. The zero-order valence-corrected chi connectivity index (χ0v) is 20.1. The first-order valence-electron chi connectivity index (χ1n) is 11.9. The van der Waals surface area contributed by atoms with Gasteiger partial charge in [0.1, 0.15) is 11.4 Å². The van der Waals surface area contributed by atoms with E-state index in [0.717, 1.165) is 37.2 Å². The number of amides is 1. The second-order valence-corrected chi connectivity index (χ2v) is 8.82. The van der Waals surface area contributed by atoms with E-state index in [1.807, 2.05) is 26.0 Å². The van der Waals surface area contributed by atoms with E-state index < -0.39 is 0 Å². The van der Waals surface area contributed by atoms with Crippen LogP contribution in [0.15, 0.2) is 57.9 Å². The number of anilines is 1. The maximum atomic E-state index is 12.8. The minimum atomic E-state index is -0.160. The number of aliphatic hydroxyl groups is 1. The molecule has 1 aromatic carbocycles. The second-order valence-electron chi connectivity index (χ2n) is 8.82. The van der Waals surface area contributed by atoms with Crippen LogP contribution >= 0.6 is 0 Å². The zero-order valence-electron chi connectivity index (χ0n) is 20.1. The van der Waals surface area contributed by atoms with Gasteiger partial charge in [0.05, 0.1) is 0 Å². The lowest BCUT2D eigenvalue weighted by Crippen LogP contribution is -2.38. The lowest BCUT2D eigenvalue weighted by Gasteiger charge is -2.23. The first kappa shape index (κ1) is 24.9. The van der Waals surface area contributed by atoms with Crippen LogP contribution in [-0.4, -0.2) is 55.7 Å². The molecule has 33 heavy (non-hydrogen) atoms. The van der Waals surface area contributed by atoms with E-state index in [0.29, 0.717) is 42.7 Å². The van der Waals surface area contributed by atoms with E-state index >= 15 is 0 Å². The fourth-order valence-corrected chi connectivity index (χ4v) is 4.49. The van der Waals surface area contributed by atoms with Gasteiger partial charge in [-0.25, -0.2) is 9.98 Å². The van der Waals surface area contributed by atoms with E-state index in [4.69, 9.17) is 4.99 Å². The third kappa shape index (κ3) is 6.18. The SMILES string of the molecule is C=C(C)/C(N=C(C)C(=O)NCC1CCNCC1)=C(\N=CC)N1CC(CCO)c2ccccc21. The van der Waals surface area contributed by atoms with Crippen LogP contribution in [0, 0.1) is 5.92 Å². The number of nitrogens with zero attached hydrogens (tertiary/aromatic N) is 3. The van der Waals surface area contributed by atoms with Crippen LogP contribution in [0.5, 0.6) is 0 Å². The number of aliphatic hydroxyl groups excluding tert-OH is 1. The standard InChI is InChI=1S/C26H37N5O2/c1-5-28-25(31-17-21(12-15-32)22-8-6-7-9-23(22)31)24(18(2)3)30-19(4)26(33)29-16-20-10-13-27-14-11-20/h5-9,20-21,27,32H,2,10-17H2,1,3-4H3,(H,29,33)/b25-24-,28-5?,30-19?. The fourth-order valence-electron chi connectivity index (χ4n) is 4.49. The Labute approximate surface area is 197 Å². The number of nitrogens with one attached hydrogen (secondary N) is 2. The molecule has 1 amide bonds. The Morgan fingerprint density at radius 1 is 1.30 bits per heavy atom. The molecule has 1 atom stereocenters. The normalized spacial score (nSPS) is 20.1. The van der Waals surface area contributed by atoms with Crippen LogP contribution in [0.25, 0.3) is 0 Å². The van der Waals surface area contributed by atoms with Crippen LogP contribution in [0.4, 0.5) is 5.69 Å². The Kier molecular flexibility index (Phi) is 8.97. The predicted molar refractivity (Wildman–Crippen MR) is 136 cm³/mol. The smallest absolute Gasteiger partial charge is 0.265 e. The van der Waals surface area contributed by atoms with Gasteiger partial charge in [0.2, 0.25) is 0 Å². The van der Waals surface area contributed by atoms with Crippen molar-refractivity contribution in [1.82, 2.24) is 10.6 Å². The Morgan fingerprint density at radius 3 is 2.70 bits per heavy atom. The lowest BCUT2D eigenvalue weighted by molar-refractivity contribution is -0.115. The number of hydrogen-bond donors (Lipinski definition) is 3. The third-order valence-electron chi connectivity index (χ3n) is 6.29. The van der Waals surface area contributed by atoms with Crippen molar-refractivity contribution in [2.24, 2.45) is 15.9 Å². The molecule has 0 radical (unpaired) electrons. The molecule has 0 saturated carbocycles. The molecule has 1 unspecified atom stereocenters. The Hall–Kier alpha value is -2.77. The summed E-state index contributed by atoms with van der Waals surface area (Å²) in [5, 5.41) is 16.0.